The third-order valence-corrected chi connectivity index (χ3v) is 5.97. The Bertz CT molecular complexity index is 496. The van der Waals surface area contributed by atoms with Crippen LogP contribution in [0.15, 0.2) is 11.3 Å². The maximum atomic E-state index is 15.0. The molecule has 0 spiro atoms. The number of carboxylic acids is 1. The monoisotopic (exact) mass is 310 g/mol. The molecule has 2 atom stereocenters. The lowest BCUT2D eigenvalue weighted by molar-refractivity contribution is -0.143. The van der Waals surface area contributed by atoms with Crippen molar-refractivity contribution in [3.63, 3.8) is 0 Å². The summed E-state index contributed by atoms with van der Waals surface area (Å²) in [6.45, 7) is 7.61. The van der Waals surface area contributed by atoms with E-state index in [9.17, 15) is 9.90 Å². The van der Waals surface area contributed by atoms with E-state index in [1.807, 2.05) is 27.7 Å². The van der Waals surface area contributed by atoms with Gasteiger partial charge in [0.05, 0.1) is 17.1 Å². The summed E-state index contributed by atoms with van der Waals surface area (Å²) in [5.74, 6) is -1.04. The van der Waals surface area contributed by atoms with Crippen LogP contribution in [0.5, 0.6) is 0 Å². The quantitative estimate of drug-likeness (QED) is 0.795. The molecular formula is C16H24BFO4. The van der Waals surface area contributed by atoms with Crippen LogP contribution in [0, 0.1) is 17.8 Å². The fourth-order valence-electron chi connectivity index (χ4n) is 3.99. The van der Waals surface area contributed by atoms with Gasteiger partial charge in [0, 0.05) is 0 Å². The minimum absolute atomic E-state index is 0.0267. The minimum atomic E-state index is -0.954. The van der Waals surface area contributed by atoms with Crippen LogP contribution in [-0.4, -0.2) is 29.4 Å². The molecule has 3 rings (SSSR count). The number of carboxylic acid groups (broad SMARTS) is 1. The molecule has 1 aliphatic heterocycles. The zero-order valence-electron chi connectivity index (χ0n) is 13.7. The lowest BCUT2D eigenvalue weighted by Crippen LogP contribution is -2.41. The van der Waals surface area contributed by atoms with Gasteiger partial charge in [0.25, 0.3) is 0 Å². The molecule has 4 nitrogen and oxygen atoms in total. The summed E-state index contributed by atoms with van der Waals surface area (Å²) >= 11 is 0. The molecule has 0 aromatic heterocycles. The van der Waals surface area contributed by atoms with Crippen LogP contribution >= 0.6 is 0 Å². The van der Waals surface area contributed by atoms with E-state index in [2.05, 4.69) is 0 Å². The number of rotatable bonds is 2. The summed E-state index contributed by atoms with van der Waals surface area (Å²) in [5.41, 5.74) is -0.675. The zero-order valence-corrected chi connectivity index (χ0v) is 13.7. The number of halogens is 1. The molecule has 6 heteroatoms. The Morgan fingerprint density at radius 3 is 2.00 bits per heavy atom. The SMILES string of the molecule is CC1(C)OB(C(F)=C2C3CCC2CC(C(=O)O)C3)OC1(C)C. The molecule has 0 radical (unpaired) electrons. The smallest absolute Gasteiger partial charge is 0.481 e. The first-order valence-electron chi connectivity index (χ1n) is 8.10. The Kier molecular flexibility index (Phi) is 3.68. The molecule has 3 aliphatic rings. The van der Waals surface area contributed by atoms with E-state index < -0.39 is 24.3 Å². The first-order chi connectivity index (χ1) is 10.1. The summed E-state index contributed by atoms with van der Waals surface area (Å²) in [7, 11) is -0.954. The van der Waals surface area contributed by atoms with Crippen molar-refractivity contribution in [2.24, 2.45) is 17.8 Å². The van der Waals surface area contributed by atoms with Gasteiger partial charge in [0.15, 0.2) is 0 Å². The van der Waals surface area contributed by atoms with E-state index in [4.69, 9.17) is 9.31 Å². The first-order valence-corrected chi connectivity index (χ1v) is 8.10. The summed E-state index contributed by atoms with van der Waals surface area (Å²) in [6, 6.07) is 0. The average Bonchev–Trinajstić information content (AvgIpc) is 2.78. The third kappa shape index (κ3) is 2.40. The van der Waals surface area contributed by atoms with Gasteiger partial charge in [-0.2, -0.15) is 0 Å². The van der Waals surface area contributed by atoms with Crippen LogP contribution in [0.1, 0.15) is 53.4 Å². The van der Waals surface area contributed by atoms with Crippen LogP contribution in [0.4, 0.5) is 4.39 Å². The molecule has 2 unspecified atom stereocenters. The molecule has 0 aromatic carbocycles. The fourth-order valence-corrected chi connectivity index (χ4v) is 3.99. The number of carbonyl (C=O) groups is 1. The Balaban J connectivity index is 1.85. The van der Waals surface area contributed by atoms with Crippen LogP contribution in [-0.2, 0) is 14.1 Å². The zero-order chi connectivity index (χ0) is 16.3. The molecule has 0 amide bonds. The summed E-state index contributed by atoms with van der Waals surface area (Å²) < 4.78 is 26.6. The molecule has 1 saturated heterocycles. The van der Waals surface area contributed by atoms with E-state index in [0.29, 0.717) is 12.8 Å². The number of hydrogen-bond acceptors (Lipinski definition) is 3. The van der Waals surface area contributed by atoms with E-state index in [0.717, 1.165) is 18.4 Å². The predicted molar refractivity (Wildman–Crippen MR) is 80.8 cm³/mol. The van der Waals surface area contributed by atoms with Crippen molar-refractivity contribution in [3.8, 4) is 0 Å². The predicted octanol–water partition coefficient (Wildman–Crippen LogP) is 3.36. The van der Waals surface area contributed by atoms with Crippen molar-refractivity contribution in [3.05, 3.63) is 11.3 Å². The van der Waals surface area contributed by atoms with Crippen molar-refractivity contribution in [1.82, 2.24) is 0 Å². The van der Waals surface area contributed by atoms with Gasteiger partial charge in [-0.15, -0.1) is 0 Å². The van der Waals surface area contributed by atoms with Crippen molar-refractivity contribution in [2.45, 2.75) is 64.6 Å². The molecule has 2 bridgehead atoms. The largest absolute Gasteiger partial charge is 0.525 e. The van der Waals surface area contributed by atoms with Gasteiger partial charge < -0.3 is 14.4 Å². The van der Waals surface area contributed by atoms with E-state index >= 15 is 4.39 Å². The molecule has 1 N–H and O–H groups in total. The number of fused-ring (bicyclic) bond motifs is 2. The second-order valence-electron chi connectivity index (χ2n) is 7.87. The highest BCUT2D eigenvalue weighted by Crippen LogP contribution is 2.51. The van der Waals surface area contributed by atoms with Gasteiger partial charge in [0.1, 0.15) is 5.73 Å². The molecular weight excluding hydrogens is 286 g/mol. The average molecular weight is 310 g/mol. The lowest BCUT2D eigenvalue weighted by atomic mass is 9.71. The van der Waals surface area contributed by atoms with Crippen molar-refractivity contribution >= 4 is 13.1 Å². The van der Waals surface area contributed by atoms with Crippen molar-refractivity contribution < 1.29 is 23.6 Å². The Hall–Kier alpha value is -0.875. The molecule has 0 aromatic rings. The third-order valence-electron chi connectivity index (χ3n) is 5.97. The van der Waals surface area contributed by atoms with Gasteiger partial charge in [-0.1, -0.05) is 0 Å². The van der Waals surface area contributed by atoms with E-state index in [1.54, 1.807) is 0 Å². The highest BCUT2D eigenvalue weighted by molar-refractivity contribution is 6.53. The van der Waals surface area contributed by atoms with Gasteiger partial charge in [-0.25, -0.2) is 4.39 Å². The lowest BCUT2D eigenvalue weighted by Gasteiger charge is -2.32. The molecule has 2 aliphatic carbocycles. The van der Waals surface area contributed by atoms with Crippen LogP contribution in [0.25, 0.3) is 0 Å². The summed E-state index contributed by atoms with van der Waals surface area (Å²) in [4.78, 5) is 11.2. The highest BCUT2D eigenvalue weighted by atomic mass is 19.1. The maximum Gasteiger partial charge on any atom is 0.525 e. The normalized spacial score (nSPS) is 35.8. The Labute approximate surface area is 131 Å². The number of aliphatic carboxylic acids is 1. The van der Waals surface area contributed by atoms with Crippen molar-refractivity contribution in [1.29, 1.82) is 0 Å². The molecule has 1 heterocycles. The minimum Gasteiger partial charge on any atom is -0.481 e. The Morgan fingerprint density at radius 1 is 1.14 bits per heavy atom. The first kappa shape index (κ1) is 16.0. The maximum absolute atomic E-state index is 15.0. The topological polar surface area (TPSA) is 55.8 Å². The fraction of sp³-hybridized carbons (Fsp3) is 0.812. The second-order valence-corrected chi connectivity index (χ2v) is 7.87. The van der Waals surface area contributed by atoms with Gasteiger partial charge in [-0.3, -0.25) is 4.79 Å². The van der Waals surface area contributed by atoms with Crippen LogP contribution in [0.3, 0.4) is 0 Å². The van der Waals surface area contributed by atoms with Gasteiger partial charge in [-0.05, 0) is 70.8 Å². The molecule has 22 heavy (non-hydrogen) atoms. The van der Waals surface area contributed by atoms with Crippen molar-refractivity contribution in [2.75, 3.05) is 0 Å². The number of hydrogen-bond donors (Lipinski definition) is 1. The number of allylic oxidation sites excluding steroid dienone is 1. The molecule has 3 fully saturated rings. The highest BCUT2D eigenvalue weighted by Gasteiger charge is 2.55. The van der Waals surface area contributed by atoms with Crippen LogP contribution in [0.2, 0.25) is 0 Å². The molecule has 122 valence electrons. The Morgan fingerprint density at radius 2 is 1.59 bits per heavy atom. The van der Waals surface area contributed by atoms with Gasteiger partial charge >= 0.3 is 13.1 Å². The summed E-state index contributed by atoms with van der Waals surface area (Å²) in [6.07, 6.45) is 2.82. The van der Waals surface area contributed by atoms with E-state index in [1.165, 1.54) is 0 Å². The van der Waals surface area contributed by atoms with Crippen LogP contribution < -0.4 is 0 Å². The van der Waals surface area contributed by atoms with Gasteiger partial charge in [0.2, 0.25) is 0 Å². The summed E-state index contributed by atoms with van der Waals surface area (Å²) in [5, 5.41) is 9.22. The van der Waals surface area contributed by atoms with E-state index in [-0.39, 0.29) is 23.5 Å². The molecule has 2 saturated carbocycles. The standard InChI is InChI=1S/C16H24BFO4/c1-15(2)16(3,4)22-17(21-15)13(18)12-9-5-6-10(12)8-11(7-9)14(19)20/h9-11H,5-8H2,1-4H3,(H,19,20). The second kappa shape index (κ2) is 5.06.